The van der Waals surface area contributed by atoms with Gasteiger partial charge in [0.25, 0.3) is 6.10 Å². The molecule has 0 radical (unpaired) electrons. The minimum atomic E-state index is -1.19. The van der Waals surface area contributed by atoms with Crippen molar-refractivity contribution in [3.8, 4) is 5.75 Å². The molecule has 0 N–H and O–H groups in total. The Bertz CT molecular complexity index is 432. The number of hydrogen-bond acceptors (Lipinski definition) is 4. The highest BCUT2D eigenvalue weighted by Gasteiger charge is 2.26. The van der Waals surface area contributed by atoms with Gasteiger partial charge < -0.3 is 9.47 Å². The SMILES string of the molecule is CC.CCOC(=O)C(Oc1cc(C)cc(C)c1)C(C)=O. The van der Waals surface area contributed by atoms with Crippen molar-refractivity contribution in [2.45, 2.75) is 47.6 Å². The molecule has 0 amide bonds. The maximum Gasteiger partial charge on any atom is 0.355 e. The second-order valence-corrected chi connectivity index (χ2v) is 4.18. The second kappa shape index (κ2) is 9.13. The quantitative estimate of drug-likeness (QED) is 0.614. The Kier molecular flexibility index (Phi) is 8.29. The first kappa shape index (κ1) is 18.2. The van der Waals surface area contributed by atoms with Crippen molar-refractivity contribution in [1.82, 2.24) is 0 Å². The van der Waals surface area contributed by atoms with Gasteiger partial charge in [0, 0.05) is 0 Å². The largest absolute Gasteiger partial charge is 0.471 e. The molecular formula is C16H24O4. The van der Waals surface area contributed by atoms with Gasteiger partial charge in [0.1, 0.15) is 5.75 Å². The Morgan fingerprint density at radius 1 is 1.10 bits per heavy atom. The van der Waals surface area contributed by atoms with Crippen LogP contribution in [0.1, 0.15) is 38.8 Å². The number of carbonyl (C=O) groups excluding carboxylic acids is 2. The third-order valence-corrected chi connectivity index (χ3v) is 2.32. The normalized spacial score (nSPS) is 10.9. The van der Waals surface area contributed by atoms with Gasteiger partial charge in [-0.15, -0.1) is 0 Å². The molecule has 112 valence electrons. The van der Waals surface area contributed by atoms with Gasteiger partial charge in [-0.05, 0) is 51.0 Å². The predicted octanol–water partition coefficient (Wildman–Crippen LogP) is 3.23. The lowest BCUT2D eigenvalue weighted by Gasteiger charge is -2.15. The second-order valence-electron chi connectivity index (χ2n) is 4.18. The Morgan fingerprint density at radius 2 is 1.60 bits per heavy atom. The van der Waals surface area contributed by atoms with E-state index in [1.54, 1.807) is 19.1 Å². The highest BCUT2D eigenvalue weighted by atomic mass is 16.6. The van der Waals surface area contributed by atoms with Crippen LogP contribution in [0.5, 0.6) is 5.75 Å². The van der Waals surface area contributed by atoms with Crippen LogP contribution < -0.4 is 4.74 Å². The molecule has 0 aliphatic rings. The molecule has 0 fully saturated rings. The van der Waals surface area contributed by atoms with E-state index < -0.39 is 12.1 Å². The lowest BCUT2D eigenvalue weighted by atomic mass is 10.1. The first-order chi connectivity index (χ1) is 9.43. The molecule has 20 heavy (non-hydrogen) atoms. The molecule has 0 aliphatic heterocycles. The number of esters is 1. The summed E-state index contributed by atoms with van der Waals surface area (Å²) < 4.78 is 10.2. The molecule has 0 saturated heterocycles. The fourth-order valence-corrected chi connectivity index (χ4v) is 1.65. The van der Waals surface area contributed by atoms with E-state index in [0.29, 0.717) is 5.75 Å². The van der Waals surface area contributed by atoms with Gasteiger partial charge in [0.2, 0.25) is 0 Å². The highest BCUT2D eigenvalue weighted by Crippen LogP contribution is 2.18. The molecule has 0 bridgehead atoms. The zero-order chi connectivity index (χ0) is 15.7. The molecule has 0 aliphatic carbocycles. The van der Waals surface area contributed by atoms with Gasteiger partial charge >= 0.3 is 5.97 Å². The van der Waals surface area contributed by atoms with Crippen LogP contribution in [0.4, 0.5) is 0 Å². The summed E-state index contributed by atoms with van der Waals surface area (Å²) in [5, 5.41) is 0. The molecule has 0 aromatic heterocycles. The van der Waals surface area contributed by atoms with Crippen molar-refractivity contribution in [1.29, 1.82) is 0 Å². The van der Waals surface area contributed by atoms with E-state index in [0.717, 1.165) is 11.1 Å². The zero-order valence-corrected chi connectivity index (χ0v) is 13.1. The van der Waals surface area contributed by atoms with E-state index in [2.05, 4.69) is 0 Å². The Balaban J connectivity index is 0.00000172. The molecule has 0 saturated carbocycles. The molecule has 1 aromatic rings. The number of benzene rings is 1. The standard InChI is InChI=1S/C14H18O4.C2H6/c1-5-17-14(16)13(11(4)15)18-12-7-9(2)6-10(3)8-12;1-2/h6-8,13H,5H2,1-4H3;1-2H3. The van der Waals surface area contributed by atoms with E-state index >= 15 is 0 Å². The third-order valence-electron chi connectivity index (χ3n) is 2.32. The Labute approximate surface area is 121 Å². The smallest absolute Gasteiger partial charge is 0.355 e. The van der Waals surface area contributed by atoms with Crippen LogP contribution in [-0.4, -0.2) is 24.5 Å². The first-order valence-corrected chi connectivity index (χ1v) is 6.86. The molecule has 1 atom stereocenters. The molecule has 1 rings (SSSR count). The number of Topliss-reactive ketones (excluding diaryl/α,β-unsaturated/α-hetero) is 1. The van der Waals surface area contributed by atoms with Gasteiger partial charge in [-0.3, -0.25) is 4.79 Å². The van der Waals surface area contributed by atoms with Crippen molar-refractivity contribution in [2.75, 3.05) is 6.61 Å². The Morgan fingerprint density at radius 3 is 2.00 bits per heavy atom. The van der Waals surface area contributed by atoms with Crippen LogP contribution in [0.15, 0.2) is 18.2 Å². The van der Waals surface area contributed by atoms with Crippen LogP contribution in [0.3, 0.4) is 0 Å². The fraction of sp³-hybridized carbons (Fsp3) is 0.500. The molecule has 1 aromatic carbocycles. The number of ether oxygens (including phenoxy) is 2. The molecule has 0 spiro atoms. The average molecular weight is 280 g/mol. The summed E-state index contributed by atoms with van der Waals surface area (Å²) in [7, 11) is 0. The summed E-state index contributed by atoms with van der Waals surface area (Å²) in [5.74, 6) is -0.516. The monoisotopic (exact) mass is 280 g/mol. The molecule has 4 nitrogen and oxygen atoms in total. The number of hydrogen-bond donors (Lipinski definition) is 0. The third kappa shape index (κ3) is 5.87. The highest BCUT2D eigenvalue weighted by molar-refractivity contribution is 6.01. The summed E-state index contributed by atoms with van der Waals surface area (Å²) >= 11 is 0. The van der Waals surface area contributed by atoms with Crippen molar-refractivity contribution in [3.63, 3.8) is 0 Å². The Hall–Kier alpha value is -1.84. The van der Waals surface area contributed by atoms with Crippen LogP contribution in [0.2, 0.25) is 0 Å². The van der Waals surface area contributed by atoms with Gasteiger partial charge in [0.05, 0.1) is 6.61 Å². The van der Waals surface area contributed by atoms with E-state index in [1.807, 2.05) is 33.8 Å². The topological polar surface area (TPSA) is 52.6 Å². The van der Waals surface area contributed by atoms with E-state index in [4.69, 9.17) is 9.47 Å². The van der Waals surface area contributed by atoms with Gasteiger partial charge in [0.15, 0.2) is 5.78 Å². The van der Waals surface area contributed by atoms with Crippen LogP contribution in [-0.2, 0) is 14.3 Å². The van der Waals surface area contributed by atoms with Crippen LogP contribution in [0.25, 0.3) is 0 Å². The molecule has 4 heteroatoms. The molecule has 0 heterocycles. The van der Waals surface area contributed by atoms with Gasteiger partial charge in [-0.25, -0.2) is 4.79 Å². The lowest BCUT2D eigenvalue weighted by molar-refractivity contribution is -0.154. The first-order valence-electron chi connectivity index (χ1n) is 6.86. The van der Waals surface area contributed by atoms with E-state index in [1.165, 1.54) is 6.92 Å². The maximum absolute atomic E-state index is 11.6. The van der Waals surface area contributed by atoms with Crippen LogP contribution >= 0.6 is 0 Å². The summed E-state index contributed by atoms with van der Waals surface area (Å²) in [6.07, 6.45) is -1.19. The maximum atomic E-state index is 11.6. The predicted molar refractivity (Wildman–Crippen MR) is 79.0 cm³/mol. The minimum absolute atomic E-state index is 0.221. The fourth-order valence-electron chi connectivity index (χ4n) is 1.65. The number of carbonyl (C=O) groups is 2. The van der Waals surface area contributed by atoms with Crippen molar-refractivity contribution in [2.24, 2.45) is 0 Å². The van der Waals surface area contributed by atoms with Gasteiger partial charge in [-0.1, -0.05) is 19.9 Å². The molecular weight excluding hydrogens is 256 g/mol. The summed E-state index contributed by atoms with van der Waals surface area (Å²) in [6.45, 7) is 11.1. The van der Waals surface area contributed by atoms with Crippen molar-refractivity contribution < 1.29 is 19.1 Å². The van der Waals surface area contributed by atoms with Crippen LogP contribution in [0, 0.1) is 13.8 Å². The number of aryl methyl sites for hydroxylation is 2. The minimum Gasteiger partial charge on any atom is -0.471 e. The van der Waals surface area contributed by atoms with E-state index in [9.17, 15) is 9.59 Å². The zero-order valence-electron chi connectivity index (χ0n) is 13.1. The lowest BCUT2D eigenvalue weighted by Crippen LogP contribution is -2.35. The number of rotatable bonds is 5. The average Bonchev–Trinajstić information content (AvgIpc) is 2.37. The van der Waals surface area contributed by atoms with E-state index in [-0.39, 0.29) is 12.4 Å². The van der Waals surface area contributed by atoms with Crippen molar-refractivity contribution in [3.05, 3.63) is 29.3 Å². The summed E-state index contributed by atoms with van der Waals surface area (Å²) in [4.78, 5) is 23.0. The summed E-state index contributed by atoms with van der Waals surface area (Å²) in [6, 6.07) is 5.55. The van der Waals surface area contributed by atoms with Gasteiger partial charge in [-0.2, -0.15) is 0 Å². The van der Waals surface area contributed by atoms with Crippen molar-refractivity contribution >= 4 is 11.8 Å². The molecule has 1 unspecified atom stereocenters. The number of ketones is 1. The summed E-state index contributed by atoms with van der Waals surface area (Å²) in [5.41, 5.74) is 2.02.